The number of piperazine rings is 1. The molecule has 0 unspecified atom stereocenters. The van der Waals surface area contributed by atoms with Crippen molar-refractivity contribution in [2.24, 2.45) is 0 Å². The van der Waals surface area contributed by atoms with E-state index in [1.165, 1.54) is 16.5 Å². The predicted molar refractivity (Wildman–Crippen MR) is 105 cm³/mol. The summed E-state index contributed by atoms with van der Waals surface area (Å²) in [7, 11) is 0. The van der Waals surface area contributed by atoms with Gasteiger partial charge in [-0.15, -0.1) is 23.7 Å². The van der Waals surface area contributed by atoms with Crippen LogP contribution in [0.2, 0.25) is 0 Å². The number of carbonyl (C=O) groups excluding carboxylic acids is 1. The summed E-state index contributed by atoms with van der Waals surface area (Å²) in [6.45, 7) is 6.19. The van der Waals surface area contributed by atoms with Gasteiger partial charge in [-0.2, -0.15) is 0 Å². The molecule has 0 atom stereocenters. The van der Waals surface area contributed by atoms with Gasteiger partial charge in [-0.25, -0.2) is 4.98 Å². The zero-order valence-corrected chi connectivity index (χ0v) is 15.9. The van der Waals surface area contributed by atoms with Crippen LogP contribution in [0.15, 0.2) is 28.6 Å². The standard InChI is InChI=1S/C16H22N4OS2.ClH/c21-15(18-6-3-9-20-10-7-17-8-11-20)12-22-16-19-13-4-1-2-5-14(13)23-16;/h1-2,4-5,17H,3,6-12H2,(H,18,21);1H. The molecule has 0 saturated carbocycles. The van der Waals surface area contributed by atoms with Gasteiger partial charge in [0.25, 0.3) is 0 Å². The van der Waals surface area contributed by atoms with Crippen molar-refractivity contribution in [2.75, 3.05) is 45.0 Å². The monoisotopic (exact) mass is 386 g/mol. The average molecular weight is 387 g/mol. The molecule has 2 aromatic rings. The number of nitrogens with zero attached hydrogens (tertiary/aromatic N) is 2. The molecule has 0 bridgehead atoms. The number of rotatable bonds is 7. The fourth-order valence-electron chi connectivity index (χ4n) is 2.56. The number of thiazole rings is 1. The van der Waals surface area contributed by atoms with E-state index in [0.717, 1.165) is 55.5 Å². The summed E-state index contributed by atoms with van der Waals surface area (Å²) in [5.74, 6) is 0.530. The van der Waals surface area contributed by atoms with E-state index < -0.39 is 0 Å². The third-order valence-corrected chi connectivity index (χ3v) is 5.96. The highest BCUT2D eigenvalue weighted by molar-refractivity contribution is 8.01. The highest BCUT2D eigenvalue weighted by Crippen LogP contribution is 2.28. The molecule has 1 aliphatic rings. The number of halogens is 1. The second-order valence-electron chi connectivity index (χ2n) is 5.53. The minimum atomic E-state index is 0. The molecule has 1 aromatic carbocycles. The smallest absolute Gasteiger partial charge is 0.230 e. The molecule has 1 saturated heterocycles. The average Bonchev–Trinajstić information content (AvgIpc) is 3.01. The first-order valence-electron chi connectivity index (χ1n) is 7.99. The first kappa shape index (κ1) is 19.5. The van der Waals surface area contributed by atoms with E-state index in [0.29, 0.717) is 5.75 Å². The van der Waals surface area contributed by atoms with Crippen molar-refractivity contribution in [3.05, 3.63) is 24.3 Å². The first-order valence-corrected chi connectivity index (χ1v) is 9.79. The van der Waals surface area contributed by atoms with Gasteiger partial charge in [-0.05, 0) is 25.1 Å². The summed E-state index contributed by atoms with van der Waals surface area (Å²) in [5, 5.41) is 6.35. The van der Waals surface area contributed by atoms with Crippen molar-refractivity contribution >= 4 is 51.6 Å². The maximum absolute atomic E-state index is 11.9. The Bertz CT molecular complexity index is 613. The summed E-state index contributed by atoms with van der Waals surface area (Å²) in [4.78, 5) is 18.9. The zero-order valence-electron chi connectivity index (χ0n) is 13.5. The van der Waals surface area contributed by atoms with Crippen molar-refractivity contribution < 1.29 is 4.79 Å². The van der Waals surface area contributed by atoms with Gasteiger partial charge in [-0.3, -0.25) is 4.79 Å². The molecular weight excluding hydrogens is 364 g/mol. The molecule has 2 heterocycles. The molecular formula is C16H23ClN4OS2. The predicted octanol–water partition coefficient (Wildman–Crippen LogP) is 2.22. The van der Waals surface area contributed by atoms with Crippen LogP contribution in [-0.2, 0) is 4.79 Å². The van der Waals surface area contributed by atoms with E-state index in [4.69, 9.17) is 0 Å². The Labute approximate surface area is 157 Å². The largest absolute Gasteiger partial charge is 0.355 e. The number of hydrogen-bond donors (Lipinski definition) is 2. The number of thioether (sulfide) groups is 1. The minimum absolute atomic E-state index is 0. The quantitative estimate of drug-likeness (QED) is 0.564. The number of aromatic nitrogens is 1. The molecule has 1 aromatic heterocycles. The van der Waals surface area contributed by atoms with Gasteiger partial charge in [0, 0.05) is 32.7 Å². The van der Waals surface area contributed by atoms with Crippen LogP contribution in [0.5, 0.6) is 0 Å². The summed E-state index contributed by atoms with van der Waals surface area (Å²) in [6.07, 6.45) is 1.01. The van der Waals surface area contributed by atoms with Gasteiger partial charge in [0.15, 0.2) is 4.34 Å². The van der Waals surface area contributed by atoms with Gasteiger partial charge in [-0.1, -0.05) is 23.9 Å². The SMILES string of the molecule is Cl.O=C(CSc1nc2ccccc2s1)NCCCN1CCNCC1. The number of amides is 1. The van der Waals surface area contributed by atoms with E-state index >= 15 is 0 Å². The molecule has 24 heavy (non-hydrogen) atoms. The molecule has 1 amide bonds. The summed E-state index contributed by atoms with van der Waals surface area (Å²) < 4.78 is 2.13. The van der Waals surface area contributed by atoms with Gasteiger partial charge in [0.05, 0.1) is 16.0 Å². The summed E-state index contributed by atoms with van der Waals surface area (Å²) in [5.41, 5.74) is 1.01. The maximum Gasteiger partial charge on any atom is 0.230 e. The third-order valence-electron chi connectivity index (χ3n) is 3.78. The van der Waals surface area contributed by atoms with Gasteiger partial charge in [0.1, 0.15) is 0 Å². The van der Waals surface area contributed by atoms with Crippen molar-refractivity contribution in [1.82, 2.24) is 20.5 Å². The molecule has 1 fully saturated rings. The Morgan fingerprint density at radius 2 is 2.12 bits per heavy atom. The lowest BCUT2D eigenvalue weighted by atomic mass is 10.3. The lowest BCUT2D eigenvalue weighted by molar-refractivity contribution is -0.118. The van der Waals surface area contributed by atoms with Crippen LogP contribution in [0.25, 0.3) is 10.2 Å². The number of para-hydroxylation sites is 1. The summed E-state index contributed by atoms with van der Waals surface area (Å²) in [6, 6.07) is 8.07. The number of benzene rings is 1. The van der Waals surface area contributed by atoms with Crippen LogP contribution < -0.4 is 10.6 Å². The topological polar surface area (TPSA) is 57.3 Å². The fraction of sp³-hybridized carbons (Fsp3) is 0.500. The van der Waals surface area contributed by atoms with E-state index in [2.05, 4.69) is 26.6 Å². The number of nitrogens with one attached hydrogen (secondary N) is 2. The second kappa shape index (κ2) is 10.2. The molecule has 8 heteroatoms. The van der Waals surface area contributed by atoms with E-state index in [1.807, 2.05) is 18.2 Å². The number of carbonyl (C=O) groups is 1. The number of fused-ring (bicyclic) bond motifs is 1. The number of hydrogen-bond acceptors (Lipinski definition) is 6. The summed E-state index contributed by atoms with van der Waals surface area (Å²) >= 11 is 3.16. The Hall–Kier alpha value is -0.860. The van der Waals surface area contributed by atoms with Crippen molar-refractivity contribution in [3.8, 4) is 0 Å². The van der Waals surface area contributed by atoms with E-state index in [1.54, 1.807) is 11.3 Å². The van der Waals surface area contributed by atoms with E-state index in [-0.39, 0.29) is 18.3 Å². The minimum Gasteiger partial charge on any atom is -0.355 e. The van der Waals surface area contributed by atoms with Crippen molar-refractivity contribution in [3.63, 3.8) is 0 Å². The molecule has 1 aliphatic heterocycles. The highest BCUT2D eigenvalue weighted by Gasteiger charge is 2.10. The molecule has 0 spiro atoms. The fourth-order valence-corrected chi connectivity index (χ4v) is 4.45. The van der Waals surface area contributed by atoms with Crippen LogP contribution in [0.1, 0.15) is 6.42 Å². The van der Waals surface area contributed by atoms with Crippen molar-refractivity contribution in [2.45, 2.75) is 10.8 Å². The molecule has 5 nitrogen and oxygen atoms in total. The normalized spacial score (nSPS) is 15.2. The molecule has 2 N–H and O–H groups in total. The van der Waals surface area contributed by atoms with E-state index in [9.17, 15) is 4.79 Å². The van der Waals surface area contributed by atoms with Gasteiger partial charge in [0.2, 0.25) is 5.91 Å². The Morgan fingerprint density at radius 1 is 1.33 bits per heavy atom. The van der Waals surface area contributed by atoms with Crippen LogP contribution >= 0.6 is 35.5 Å². The third kappa shape index (κ3) is 5.89. The lowest BCUT2D eigenvalue weighted by Crippen LogP contribution is -2.44. The molecule has 132 valence electrons. The van der Waals surface area contributed by atoms with Gasteiger partial charge < -0.3 is 15.5 Å². The van der Waals surface area contributed by atoms with Crippen LogP contribution in [0.4, 0.5) is 0 Å². The maximum atomic E-state index is 11.9. The van der Waals surface area contributed by atoms with Crippen LogP contribution in [-0.4, -0.2) is 60.8 Å². The highest BCUT2D eigenvalue weighted by atomic mass is 35.5. The Kier molecular flexibility index (Phi) is 8.28. The van der Waals surface area contributed by atoms with Crippen LogP contribution in [0, 0.1) is 0 Å². The Morgan fingerprint density at radius 3 is 2.92 bits per heavy atom. The molecule has 3 rings (SSSR count). The first-order chi connectivity index (χ1) is 11.3. The zero-order chi connectivity index (χ0) is 15.9. The van der Waals surface area contributed by atoms with Crippen LogP contribution in [0.3, 0.4) is 0 Å². The van der Waals surface area contributed by atoms with Gasteiger partial charge >= 0.3 is 0 Å². The molecule has 0 aliphatic carbocycles. The Balaban J connectivity index is 0.00000208. The second-order valence-corrected chi connectivity index (χ2v) is 7.78. The van der Waals surface area contributed by atoms with Crippen molar-refractivity contribution in [1.29, 1.82) is 0 Å². The lowest BCUT2D eigenvalue weighted by Gasteiger charge is -2.27. The molecule has 0 radical (unpaired) electrons.